The summed E-state index contributed by atoms with van der Waals surface area (Å²) < 4.78 is 18.9. The first kappa shape index (κ1) is 25.4. The molecule has 3 aromatic heterocycles. The second-order valence-electron chi connectivity index (χ2n) is 8.27. The molecule has 38 heavy (non-hydrogen) atoms. The smallest absolute Gasteiger partial charge is 0.267 e. The maximum Gasteiger partial charge on any atom is 0.267 e. The van der Waals surface area contributed by atoms with Crippen LogP contribution in [0.4, 0.5) is 0 Å². The molecule has 0 bridgehead atoms. The average Bonchev–Trinajstić information content (AvgIpc) is 2.94. The van der Waals surface area contributed by atoms with E-state index in [0.29, 0.717) is 43.5 Å². The van der Waals surface area contributed by atoms with Gasteiger partial charge in [-0.1, -0.05) is 18.2 Å². The molecule has 8 nitrogen and oxygen atoms in total. The van der Waals surface area contributed by atoms with Crippen molar-refractivity contribution in [2.75, 3.05) is 14.2 Å². The van der Waals surface area contributed by atoms with Crippen LogP contribution < -0.4 is 19.8 Å². The Labute approximate surface area is 232 Å². The van der Waals surface area contributed by atoms with Gasteiger partial charge in [0.2, 0.25) is 0 Å². The van der Waals surface area contributed by atoms with Crippen LogP contribution in [0.15, 0.2) is 90.1 Å². The molecule has 0 atom stereocenters. The summed E-state index contributed by atoms with van der Waals surface area (Å²) in [5.41, 5.74) is 1.70. The number of aromatic nitrogens is 3. The number of hydrogen-bond acceptors (Lipinski definition) is 7. The van der Waals surface area contributed by atoms with Crippen molar-refractivity contribution in [3.63, 3.8) is 0 Å². The lowest BCUT2D eigenvalue weighted by Crippen LogP contribution is -2.27. The molecule has 0 saturated carbocycles. The summed E-state index contributed by atoms with van der Waals surface area (Å²) in [6.45, 7) is 0. The van der Waals surface area contributed by atoms with E-state index in [1.54, 1.807) is 69.2 Å². The van der Waals surface area contributed by atoms with E-state index in [-0.39, 0.29) is 23.3 Å². The highest BCUT2D eigenvalue weighted by Gasteiger charge is 2.18. The number of fused-ring (bicyclic) bond motifs is 1. The van der Waals surface area contributed by atoms with Crippen LogP contribution in [0, 0.1) is 3.57 Å². The molecule has 0 aliphatic carbocycles. The summed E-state index contributed by atoms with van der Waals surface area (Å²) in [5.74, 6) is 1.90. The molecule has 5 rings (SSSR count). The predicted octanol–water partition coefficient (Wildman–Crippen LogP) is 5.62. The van der Waals surface area contributed by atoms with E-state index in [4.69, 9.17) is 14.2 Å². The Hall–Kier alpha value is -4.25. The van der Waals surface area contributed by atoms with Crippen LogP contribution in [-0.2, 0) is 6.42 Å². The van der Waals surface area contributed by atoms with E-state index in [0.717, 1.165) is 5.39 Å². The third kappa shape index (κ3) is 5.10. The van der Waals surface area contributed by atoms with E-state index in [2.05, 4.69) is 9.97 Å². The number of para-hydroxylation sites is 1. The first-order valence-electron chi connectivity index (χ1n) is 11.6. The molecule has 0 fully saturated rings. The fourth-order valence-electron chi connectivity index (χ4n) is 4.05. The Bertz CT molecular complexity index is 1690. The first-order chi connectivity index (χ1) is 18.5. The van der Waals surface area contributed by atoms with Crippen molar-refractivity contribution in [3.05, 3.63) is 111 Å². The van der Waals surface area contributed by atoms with Crippen molar-refractivity contribution >= 4 is 39.3 Å². The molecular weight excluding hydrogens is 597 g/mol. The molecule has 2 aromatic carbocycles. The fourth-order valence-corrected chi connectivity index (χ4v) is 4.74. The largest absolute Gasteiger partial charge is 0.493 e. The van der Waals surface area contributed by atoms with Gasteiger partial charge in [-0.25, -0.2) is 0 Å². The Morgan fingerprint density at radius 3 is 2.39 bits per heavy atom. The third-order valence-corrected chi connectivity index (χ3v) is 6.83. The van der Waals surface area contributed by atoms with E-state index in [1.165, 1.54) is 4.57 Å². The average molecular weight is 619 g/mol. The van der Waals surface area contributed by atoms with Gasteiger partial charge in [0, 0.05) is 38.8 Å². The number of carbonyl (C=O) groups is 1. The molecule has 0 N–H and O–H groups in total. The van der Waals surface area contributed by atoms with Gasteiger partial charge in [-0.2, -0.15) is 0 Å². The molecule has 190 valence electrons. The molecule has 3 heterocycles. The minimum atomic E-state index is -0.357. The molecule has 0 spiro atoms. The van der Waals surface area contributed by atoms with Gasteiger partial charge >= 0.3 is 0 Å². The van der Waals surface area contributed by atoms with E-state index >= 15 is 0 Å². The minimum Gasteiger partial charge on any atom is -0.493 e. The SMILES string of the molecule is COc1cc2nccc(Oc3ccc(CC(=O)c4c(I)ccn(-c5ccccc5)c4=O)nc3)c2cc1OC. The number of rotatable bonds is 8. The van der Waals surface area contributed by atoms with Crippen molar-refractivity contribution in [2.45, 2.75) is 6.42 Å². The van der Waals surface area contributed by atoms with Gasteiger partial charge in [-0.3, -0.25) is 24.1 Å². The number of benzene rings is 2. The number of carbonyl (C=O) groups excluding carboxylic acids is 1. The van der Waals surface area contributed by atoms with Gasteiger partial charge in [0.1, 0.15) is 11.5 Å². The van der Waals surface area contributed by atoms with Gasteiger partial charge in [-0.05, 0) is 65.1 Å². The van der Waals surface area contributed by atoms with Crippen LogP contribution in [0.5, 0.6) is 23.0 Å². The number of halogens is 1. The zero-order chi connectivity index (χ0) is 26.6. The molecule has 0 aliphatic heterocycles. The minimum absolute atomic E-state index is 0.0144. The summed E-state index contributed by atoms with van der Waals surface area (Å²) in [7, 11) is 3.14. The number of Topliss-reactive ketones (excluding diaryl/α,β-unsaturated/α-hetero) is 1. The topological polar surface area (TPSA) is 92.5 Å². The molecule has 0 radical (unpaired) electrons. The van der Waals surface area contributed by atoms with E-state index in [1.807, 2.05) is 52.9 Å². The summed E-state index contributed by atoms with van der Waals surface area (Å²) in [6, 6.07) is 19.8. The normalized spacial score (nSPS) is 10.8. The molecular formula is C29H22IN3O5. The van der Waals surface area contributed by atoms with Gasteiger partial charge in [0.25, 0.3) is 5.56 Å². The Balaban J connectivity index is 1.37. The van der Waals surface area contributed by atoms with E-state index in [9.17, 15) is 9.59 Å². The Kier molecular flexibility index (Phi) is 7.36. The summed E-state index contributed by atoms with van der Waals surface area (Å²) in [5, 5.41) is 0.748. The monoisotopic (exact) mass is 619 g/mol. The lowest BCUT2D eigenvalue weighted by molar-refractivity contribution is 0.0989. The van der Waals surface area contributed by atoms with Crippen LogP contribution in [0.3, 0.4) is 0 Å². The second kappa shape index (κ2) is 11.0. The highest BCUT2D eigenvalue weighted by atomic mass is 127. The third-order valence-electron chi connectivity index (χ3n) is 5.93. The molecule has 0 amide bonds. The number of methoxy groups -OCH3 is 2. The van der Waals surface area contributed by atoms with Gasteiger partial charge in [0.05, 0.1) is 37.9 Å². The zero-order valence-electron chi connectivity index (χ0n) is 20.6. The van der Waals surface area contributed by atoms with Gasteiger partial charge in [-0.15, -0.1) is 0 Å². The number of ketones is 1. The van der Waals surface area contributed by atoms with Crippen molar-refractivity contribution in [1.82, 2.24) is 14.5 Å². The van der Waals surface area contributed by atoms with Crippen LogP contribution in [0.2, 0.25) is 0 Å². The summed E-state index contributed by atoms with van der Waals surface area (Å²) >= 11 is 2.02. The summed E-state index contributed by atoms with van der Waals surface area (Å²) in [4.78, 5) is 35.1. The molecule has 0 saturated heterocycles. The van der Waals surface area contributed by atoms with E-state index < -0.39 is 0 Å². The Morgan fingerprint density at radius 1 is 0.921 bits per heavy atom. The number of ether oxygens (including phenoxy) is 3. The lowest BCUT2D eigenvalue weighted by atomic mass is 10.1. The number of pyridine rings is 3. The zero-order valence-corrected chi connectivity index (χ0v) is 22.7. The quantitative estimate of drug-likeness (QED) is 0.165. The lowest BCUT2D eigenvalue weighted by Gasteiger charge is -2.12. The standard InChI is InChI=1S/C29H22IN3O5/c1-36-26-15-21-23(16-27(26)37-2)31-12-10-25(21)38-20-9-8-18(32-17-20)14-24(34)28-22(30)11-13-33(29(28)35)19-6-4-3-5-7-19/h3-13,15-17H,14H2,1-2H3. The van der Waals surface area contributed by atoms with Crippen LogP contribution in [0.1, 0.15) is 16.1 Å². The van der Waals surface area contributed by atoms with Crippen molar-refractivity contribution in [1.29, 1.82) is 0 Å². The van der Waals surface area contributed by atoms with Crippen LogP contribution >= 0.6 is 22.6 Å². The molecule has 0 unspecified atom stereocenters. The number of nitrogens with zero attached hydrogens (tertiary/aromatic N) is 3. The number of hydrogen-bond donors (Lipinski definition) is 0. The fraction of sp³-hybridized carbons (Fsp3) is 0.103. The van der Waals surface area contributed by atoms with Gasteiger partial charge < -0.3 is 14.2 Å². The summed E-state index contributed by atoms with van der Waals surface area (Å²) in [6.07, 6.45) is 4.86. The Morgan fingerprint density at radius 2 is 1.68 bits per heavy atom. The van der Waals surface area contributed by atoms with Gasteiger partial charge in [0.15, 0.2) is 17.3 Å². The second-order valence-corrected chi connectivity index (χ2v) is 9.43. The highest BCUT2D eigenvalue weighted by molar-refractivity contribution is 14.1. The molecule has 9 heteroatoms. The van der Waals surface area contributed by atoms with Crippen molar-refractivity contribution in [3.8, 4) is 28.7 Å². The maximum atomic E-state index is 13.2. The predicted molar refractivity (Wildman–Crippen MR) is 152 cm³/mol. The van der Waals surface area contributed by atoms with Crippen LogP contribution in [-0.4, -0.2) is 34.5 Å². The van der Waals surface area contributed by atoms with Crippen LogP contribution in [0.25, 0.3) is 16.6 Å². The molecule has 5 aromatic rings. The highest BCUT2D eigenvalue weighted by Crippen LogP contribution is 2.36. The molecule has 0 aliphatic rings. The first-order valence-corrected chi connectivity index (χ1v) is 12.7. The van der Waals surface area contributed by atoms with Crippen molar-refractivity contribution < 1.29 is 19.0 Å². The van der Waals surface area contributed by atoms with Crippen molar-refractivity contribution in [2.24, 2.45) is 0 Å². The maximum absolute atomic E-state index is 13.2.